The summed E-state index contributed by atoms with van der Waals surface area (Å²) < 4.78 is 31.1. The van der Waals surface area contributed by atoms with Gasteiger partial charge in [0, 0.05) is 45.1 Å². The smallest absolute Gasteiger partial charge is 0.326 e. The zero-order chi connectivity index (χ0) is 25.2. The van der Waals surface area contributed by atoms with Crippen molar-refractivity contribution in [2.45, 2.75) is 24.3 Å². The molecule has 4 aromatic rings. The molecule has 0 aliphatic rings. The Morgan fingerprint density at radius 2 is 1.69 bits per heavy atom. The SMILES string of the molecule is Cn1c(=O)c2c(ncn2CCCC(=O)Nc2ccc(S(=O)(=O)Nc3ncccn3)cc2)n(C)c1=O. The lowest BCUT2D eigenvalue weighted by Crippen LogP contribution is -2.37. The van der Waals surface area contributed by atoms with Crippen molar-refractivity contribution in [3.05, 3.63) is 69.9 Å². The Morgan fingerprint density at radius 3 is 2.37 bits per heavy atom. The van der Waals surface area contributed by atoms with Gasteiger partial charge in [0.2, 0.25) is 11.9 Å². The summed E-state index contributed by atoms with van der Waals surface area (Å²) in [5, 5.41) is 2.71. The summed E-state index contributed by atoms with van der Waals surface area (Å²) in [4.78, 5) is 48.7. The number of anilines is 2. The number of carbonyl (C=O) groups excluding carboxylic acids is 1. The monoisotopic (exact) mass is 498 g/mol. The molecule has 0 aliphatic heterocycles. The second-order valence-corrected chi connectivity index (χ2v) is 9.35. The van der Waals surface area contributed by atoms with E-state index in [2.05, 4.69) is 25.0 Å². The minimum atomic E-state index is -3.87. The van der Waals surface area contributed by atoms with Gasteiger partial charge in [0.25, 0.3) is 15.6 Å². The van der Waals surface area contributed by atoms with Crippen LogP contribution in [-0.2, 0) is 35.5 Å². The molecule has 1 amide bonds. The van der Waals surface area contributed by atoms with Crippen LogP contribution in [0.5, 0.6) is 0 Å². The number of aryl methyl sites for hydroxylation is 2. The van der Waals surface area contributed by atoms with Crippen molar-refractivity contribution in [2.75, 3.05) is 10.0 Å². The van der Waals surface area contributed by atoms with Gasteiger partial charge in [0.15, 0.2) is 11.2 Å². The lowest BCUT2D eigenvalue weighted by atomic mass is 10.2. The summed E-state index contributed by atoms with van der Waals surface area (Å²) in [6.45, 7) is 0.349. The van der Waals surface area contributed by atoms with Crippen LogP contribution in [0.25, 0.3) is 11.2 Å². The van der Waals surface area contributed by atoms with E-state index in [1.807, 2.05) is 0 Å². The van der Waals surface area contributed by atoms with Gasteiger partial charge in [-0.1, -0.05) is 0 Å². The average Bonchev–Trinajstić information content (AvgIpc) is 3.26. The summed E-state index contributed by atoms with van der Waals surface area (Å²) in [5.41, 5.74) is 0.0950. The average molecular weight is 499 g/mol. The molecule has 0 fully saturated rings. The van der Waals surface area contributed by atoms with Crippen LogP contribution in [-0.4, -0.2) is 43.0 Å². The third-order valence-electron chi connectivity index (χ3n) is 5.26. The minimum absolute atomic E-state index is 0.00841. The van der Waals surface area contributed by atoms with Crippen LogP contribution in [0.3, 0.4) is 0 Å². The maximum Gasteiger partial charge on any atom is 0.332 e. The van der Waals surface area contributed by atoms with Crippen molar-refractivity contribution in [1.29, 1.82) is 0 Å². The van der Waals surface area contributed by atoms with Gasteiger partial charge in [-0.25, -0.2) is 32.9 Å². The predicted molar refractivity (Wildman–Crippen MR) is 127 cm³/mol. The molecule has 0 saturated carbocycles. The quantitative estimate of drug-likeness (QED) is 0.353. The first-order valence-corrected chi connectivity index (χ1v) is 12.0. The molecule has 35 heavy (non-hydrogen) atoms. The number of hydrogen-bond acceptors (Lipinski definition) is 8. The number of sulfonamides is 1. The Hall–Kier alpha value is -4.33. The van der Waals surface area contributed by atoms with E-state index in [1.54, 1.807) is 10.6 Å². The Balaban J connectivity index is 1.36. The molecule has 1 aromatic carbocycles. The number of imidazole rings is 1. The van der Waals surface area contributed by atoms with Crippen molar-refractivity contribution < 1.29 is 13.2 Å². The van der Waals surface area contributed by atoms with Crippen molar-refractivity contribution >= 4 is 38.7 Å². The van der Waals surface area contributed by atoms with E-state index in [-0.39, 0.29) is 28.8 Å². The predicted octanol–water partition coefficient (Wildman–Crippen LogP) is 0.443. The third kappa shape index (κ3) is 4.96. The number of rotatable bonds is 8. The Kier molecular flexibility index (Phi) is 6.46. The van der Waals surface area contributed by atoms with E-state index < -0.39 is 21.3 Å². The van der Waals surface area contributed by atoms with Crippen molar-refractivity contribution in [2.24, 2.45) is 14.1 Å². The first kappa shape index (κ1) is 23.8. The Bertz CT molecular complexity index is 1610. The normalized spacial score (nSPS) is 11.5. The van der Waals surface area contributed by atoms with Gasteiger partial charge in [0.1, 0.15) is 0 Å². The fourth-order valence-electron chi connectivity index (χ4n) is 3.45. The van der Waals surface area contributed by atoms with E-state index in [1.165, 1.54) is 61.6 Å². The van der Waals surface area contributed by atoms with Gasteiger partial charge in [-0.2, -0.15) is 0 Å². The number of benzene rings is 1. The summed E-state index contributed by atoms with van der Waals surface area (Å²) in [5.74, 6) is -0.322. The highest BCUT2D eigenvalue weighted by molar-refractivity contribution is 7.92. The van der Waals surface area contributed by atoms with Gasteiger partial charge < -0.3 is 9.88 Å². The number of amides is 1. The minimum Gasteiger partial charge on any atom is -0.326 e. The maximum atomic E-state index is 12.5. The van der Waals surface area contributed by atoms with Gasteiger partial charge >= 0.3 is 5.69 Å². The highest BCUT2D eigenvalue weighted by Crippen LogP contribution is 2.17. The highest BCUT2D eigenvalue weighted by Gasteiger charge is 2.16. The van der Waals surface area contributed by atoms with Crippen LogP contribution >= 0.6 is 0 Å². The van der Waals surface area contributed by atoms with E-state index in [4.69, 9.17) is 0 Å². The zero-order valence-corrected chi connectivity index (χ0v) is 19.7. The second kappa shape index (κ2) is 9.50. The summed E-state index contributed by atoms with van der Waals surface area (Å²) in [6.07, 6.45) is 4.87. The summed E-state index contributed by atoms with van der Waals surface area (Å²) in [7, 11) is -0.935. The first-order valence-electron chi connectivity index (χ1n) is 10.5. The number of hydrogen-bond donors (Lipinski definition) is 2. The largest absolute Gasteiger partial charge is 0.332 e. The molecular formula is C21H22N8O5S. The molecule has 0 aliphatic carbocycles. The maximum absolute atomic E-state index is 12.5. The fraction of sp³-hybridized carbons (Fsp3) is 0.238. The highest BCUT2D eigenvalue weighted by atomic mass is 32.2. The molecule has 3 aromatic heterocycles. The van der Waals surface area contributed by atoms with Gasteiger partial charge in [-0.3, -0.25) is 18.7 Å². The van der Waals surface area contributed by atoms with Crippen molar-refractivity contribution in [3.63, 3.8) is 0 Å². The molecule has 0 atom stereocenters. The standard InChI is InChI=1S/C21H22N8O5S/c1-27-18-17(19(31)28(2)21(27)32)29(13-24-18)12-3-5-16(30)25-14-6-8-15(9-7-14)35(33,34)26-20-22-10-4-11-23-20/h4,6-11,13H,3,5,12H2,1-2H3,(H,25,30)(H,22,23,26). The Morgan fingerprint density at radius 1 is 1.00 bits per heavy atom. The molecule has 2 N–H and O–H groups in total. The van der Waals surface area contributed by atoms with Crippen LogP contribution in [0.2, 0.25) is 0 Å². The molecule has 13 nitrogen and oxygen atoms in total. The fourth-order valence-corrected chi connectivity index (χ4v) is 4.41. The second-order valence-electron chi connectivity index (χ2n) is 7.67. The number of aromatic nitrogens is 6. The zero-order valence-electron chi connectivity index (χ0n) is 18.9. The molecule has 14 heteroatoms. The third-order valence-corrected chi connectivity index (χ3v) is 6.60. The molecule has 4 rings (SSSR count). The van der Waals surface area contributed by atoms with Crippen LogP contribution in [0.1, 0.15) is 12.8 Å². The molecule has 0 spiro atoms. The number of nitrogens with one attached hydrogen (secondary N) is 2. The van der Waals surface area contributed by atoms with Crippen molar-refractivity contribution in [3.8, 4) is 0 Å². The van der Waals surface area contributed by atoms with E-state index >= 15 is 0 Å². The molecule has 3 heterocycles. The number of fused-ring (bicyclic) bond motifs is 1. The molecule has 0 radical (unpaired) electrons. The van der Waals surface area contributed by atoms with Crippen LogP contribution in [0.15, 0.2) is 63.5 Å². The van der Waals surface area contributed by atoms with E-state index in [0.29, 0.717) is 24.2 Å². The first-order chi connectivity index (χ1) is 16.7. The molecule has 0 unspecified atom stereocenters. The molecule has 182 valence electrons. The van der Waals surface area contributed by atoms with Crippen LogP contribution in [0, 0.1) is 0 Å². The van der Waals surface area contributed by atoms with Gasteiger partial charge in [0.05, 0.1) is 11.2 Å². The molecule has 0 bridgehead atoms. The summed E-state index contributed by atoms with van der Waals surface area (Å²) in [6, 6.07) is 7.24. The van der Waals surface area contributed by atoms with E-state index in [0.717, 1.165) is 4.57 Å². The van der Waals surface area contributed by atoms with Crippen LogP contribution in [0.4, 0.5) is 11.6 Å². The molecular weight excluding hydrogens is 476 g/mol. The Labute approximate surface area is 199 Å². The number of nitrogens with zero attached hydrogens (tertiary/aromatic N) is 6. The number of carbonyl (C=O) groups is 1. The summed E-state index contributed by atoms with van der Waals surface area (Å²) >= 11 is 0. The topological polar surface area (TPSA) is 163 Å². The van der Waals surface area contributed by atoms with Crippen LogP contribution < -0.4 is 21.3 Å². The van der Waals surface area contributed by atoms with Gasteiger partial charge in [-0.05, 0) is 36.8 Å². The van der Waals surface area contributed by atoms with Crippen molar-refractivity contribution in [1.82, 2.24) is 28.7 Å². The lowest BCUT2D eigenvalue weighted by Gasteiger charge is -2.09. The van der Waals surface area contributed by atoms with E-state index in [9.17, 15) is 22.8 Å². The molecule has 0 saturated heterocycles. The lowest BCUT2D eigenvalue weighted by molar-refractivity contribution is -0.116. The van der Waals surface area contributed by atoms with Gasteiger partial charge in [-0.15, -0.1) is 0 Å².